The number of aromatic nitrogens is 2. The van der Waals surface area contributed by atoms with Crippen molar-refractivity contribution in [3.05, 3.63) is 46.2 Å². The third-order valence-corrected chi connectivity index (χ3v) is 3.59. The molecule has 0 aliphatic heterocycles. The third-order valence-electron chi connectivity index (χ3n) is 3.06. The quantitative estimate of drug-likeness (QED) is 0.840. The molecule has 1 heterocycles. The SMILES string of the molecule is CCNc1ncnc(OCc2ccc(Br)cc2)c1C(C)C. The summed E-state index contributed by atoms with van der Waals surface area (Å²) in [5.74, 6) is 1.80. The van der Waals surface area contributed by atoms with Crippen molar-refractivity contribution in [1.29, 1.82) is 0 Å². The summed E-state index contributed by atoms with van der Waals surface area (Å²) in [5.41, 5.74) is 2.13. The lowest BCUT2D eigenvalue weighted by Gasteiger charge is -2.16. The van der Waals surface area contributed by atoms with Crippen LogP contribution in [0, 0.1) is 0 Å². The van der Waals surface area contributed by atoms with E-state index < -0.39 is 0 Å². The highest BCUT2D eigenvalue weighted by Gasteiger charge is 2.15. The maximum absolute atomic E-state index is 5.90. The van der Waals surface area contributed by atoms with Gasteiger partial charge in [-0.2, -0.15) is 0 Å². The number of hydrogen-bond acceptors (Lipinski definition) is 4. The van der Waals surface area contributed by atoms with Gasteiger partial charge in [-0.15, -0.1) is 0 Å². The molecule has 2 aromatic rings. The lowest BCUT2D eigenvalue weighted by Crippen LogP contribution is -2.09. The van der Waals surface area contributed by atoms with Crippen LogP contribution in [0.4, 0.5) is 5.82 Å². The van der Waals surface area contributed by atoms with Gasteiger partial charge in [0, 0.05) is 11.0 Å². The minimum absolute atomic E-state index is 0.292. The van der Waals surface area contributed by atoms with Gasteiger partial charge in [0.1, 0.15) is 18.8 Å². The molecule has 0 bridgehead atoms. The van der Waals surface area contributed by atoms with Gasteiger partial charge >= 0.3 is 0 Å². The van der Waals surface area contributed by atoms with Crippen LogP contribution in [0.3, 0.4) is 0 Å². The van der Waals surface area contributed by atoms with Gasteiger partial charge < -0.3 is 10.1 Å². The van der Waals surface area contributed by atoms with Crippen LogP contribution in [0.1, 0.15) is 37.8 Å². The number of benzene rings is 1. The van der Waals surface area contributed by atoms with E-state index in [1.165, 1.54) is 0 Å². The molecule has 0 saturated heterocycles. The van der Waals surface area contributed by atoms with Crippen molar-refractivity contribution in [1.82, 2.24) is 9.97 Å². The highest BCUT2D eigenvalue weighted by atomic mass is 79.9. The van der Waals surface area contributed by atoms with E-state index >= 15 is 0 Å². The fraction of sp³-hybridized carbons (Fsp3) is 0.375. The average Bonchev–Trinajstić information content (AvgIpc) is 2.47. The molecule has 112 valence electrons. The van der Waals surface area contributed by atoms with Crippen LogP contribution in [0.2, 0.25) is 0 Å². The fourth-order valence-electron chi connectivity index (χ4n) is 2.06. The molecular weight excluding hydrogens is 330 g/mol. The van der Waals surface area contributed by atoms with Crippen molar-refractivity contribution >= 4 is 21.7 Å². The molecule has 4 nitrogen and oxygen atoms in total. The summed E-state index contributed by atoms with van der Waals surface area (Å²) in [5, 5.41) is 3.27. The molecule has 1 aromatic heterocycles. The van der Waals surface area contributed by atoms with Gasteiger partial charge in [0.15, 0.2) is 0 Å². The predicted octanol–water partition coefficient (Wildman–Crippen LogP) is 4.37. The number of rotatable bonds is 6. The van der Waals surface area contributed by atoms with E-state index in [-0.39, 0.29) is 0 Å². The molecule has 0 saturated carbocycles. The van der Waals surface area contributed by atoms with E-state index in [1.54, 1.807) is 6.33 Å². The third kappa shape index (κ3) is 4.17. The normalized spacial score (nSPS) is 10.7. The summed E-state index contributed by atoms with van der Waals surface area (Å²) < 4.78 is 6.97. The molecule has 1 N–H and O–H groups in total. The summed E-state index contributed by atoms with van der Waals surface area (Å²) in [6.45, 7) is 7.60. The Morgan fingerprint density at radius 3 is 2.52 bits per heavy atom. The zero-order valence-corrected chi connectivity index (χ0v) is 14.1. The van der Waals surface area contributed by atoms with E-state index in [4.69, 9.17) is 4.74 Å². The molecule has 21 heavy (non-hydrogen) atoms. The van der Waals surface area contributed by atoms with E-state index in [0.717, 1.165) is 28.0 Å². The van der Waals surface area contributed by atoms with Gasteiger partial charge in [0.25, 0.3) is 0 Å². The number of nitrogens with one attached hydrogen (secondary N) is 1. The maximum Gasteiger partial charge on any atom is 0.222 e. The van der Waals surface area contributed by atoms with Crippen molar-refractivity contribution in [3.8, 4) is 5.88 Å². The Morgan fingerprint density at radius 1 is 1.19 bits per heavy atom. The Kier molecular flexibility index (Phi) is 5.56. The van der Waals surface area contributed by atoms with Crippen molar-refractivity contribution < 1.29 is 4.74 Å². The molecule has 1 aromatic carbocycles. The molecule has 0 radical (unpaired) electrons. The summed E-state index contributed by atoms with van der Waals surface area (Å²) in [6.07, 6.45) is 1.54. The maximum atomic E-state index is 5.90. The van der Waals surface area contributed by atoms with Crippen LogP contribution in [-0.2, 0) is 6.61 Å². The first-order chi connectivity index (χ1) is 10.1. The van der Waals surface area contributed by atoms with Gasteiger partial charge in [-0.3, -0.25) is 0 Å². The molecule has 0 atom stereocenters. The Morgan fingerprint density at radius 2 is 1.90 bits per heavy atom. The van der Waals surface area contributed by atoms with Crippen molar-refractivity contribution in [2.24, 2.45) is 0 Å². The largest absolute Gasteiger partial charge is 0.472 e. The first kappa shape index (κ1) is 15.8. The second kappa shape index (κ2) is 7.41. The lowest BCUT2D eigenvalue weighted by molar-refractivity contribution is 0.289. The first-order valence-electron chi connectivity index (χ1n) is 7.07. The Bertz CT molecular complexity index is 585. The summed E-state index contributed by atoms with van der Waals surface area (Å²) in [7, 11) is 0. The average molecular weight is 350 g/mol. The van der Waals surface area contributed by atoms with Gasteiger partial charge in [-0.1, -0.05) is 41.9 Å². The Hall–Kier alpha value is -1.62. The number of anilines is 1. The molecule has 0 amide bonds. The Labute approximate surface area is 134 Å². The van der Waals surface area contributed by atoms with Gasteiger partial charge in [0.05, 0.1) is 5.56 Å². The minimum Gasteiger partial charge on any atom is -0.472 e. The van der Waals surface area contributed by atoms with E-state index in [0.29, 0.717) is 18.4 Å². The van der Waals surface area contributed by atoms with Crippen LogP contribution < -0.4 is 10.1 Å². The topological polar surface area (TPSA) is 47.0 Å². The second-order valence-electron chi connectivity index (χ2n) is 5.04. The van der Waals surface area contributed by atoms with E-state index in [2.05, 4.69) is 52.0 Å². The standard InChI is InChI=1S/C16H20BrN3O/c1-4-18-15-14(11(2)3)16(20-10-19-15)21-9-12-5-7-13(17)8-6-12/h5-8,10-11H,4,9H2,1-3H3,(H,18,19,20). The molecule has 0 unspecified atom stereocenters. The van der Waals surface area contributed by atoms with Crippen LogP contribution in [0.25, 0.3) is 0 Å². The first-order valence-corrected chi connectivity index (χ1v) is 7.87. The summed E-state index contributed by atoms with van der Waals surface area (Å²) in [6, 6.07) is 8.08. The monoisotopic (exact) mass is 349 g/mol. The van der Waals surface area contributed by atoms with Crippen molar-refractivity contribution in [2.75, 3.05) is 11.9 Å². The van der Waals surface area contributed by atoms with Crippen molar-refractivity contribution in [2.45, 2.75) is 33.3 Å². The lowest BCUT2D eigenvalue weighted by atomic mass is 10.1. The van der Waals surface area contributed by atoms with E-state index in [9.17, 15) is 0 Å². The number of halogens is 1. The molecule has 0 aliphatic carbocycles. The molecule has 0 spiro atoms. The fourth-order valence-corrected chi connectivity index (χ4v) is 2.32. The van der Waals surface area contributed by atoms with Crippen molar-refractivity contribution in [3.63, 3.8) is 0 Å². The summed E-state index contributed by atoms with van der Waals surface area (Å²) in [4.78, 5) is 8.60. The number of hydrogen-bond donors (Lipinski definition) is 1. The smallest absolute Gasteiger partial charge is 0.222 e. The minimum atomic E-state index is 0.292. The van der Waals surface area contributed by atoms with Crippen LogP contribution in [0.5, 0.6) is 5.88 Å². The number of ether oxygens (including phenoxy) is 1. The number of nitrogens with zero attached hydrogens (tertiary/aromatic N) is 2. The molecule has 5 heteroatoms. The highest BCUT2D eigenvalue weighted by molar-refractivity contribution is 9.10. The Balaban J connectivity index is 2.19. The predicted molar refractivity (Wildman–Crippen MR) is 88.8 cm³/mol. The zero-order valence-electron chi connectivity index (χ0n) is 12.6. The molecule has 2 rings (SSSR count). The second-order valence-corrected chi connectivity index (χ2v) is 5.96. The van der Waals surface area contributed by atoms with Gasteiger partial charge in [-0.25, -0.2) is 9.97 Å². The zero-order chi connectivity index (χ0) is 15.2. The van der Waals surface area contributed by atoms with E-state index in [1.807, 2.05) is 24.3 Å². The molecule has 0 fully saturated rings. The molecule has 0 aliphatic rings. The van der Waals surface area contributed by atoms with Gasteiger partial charge in [-0.05, 0) is 30.5 Å². The van der Waals surface area contributed by atoms with Crippen LogP contribution in [0.15, 0.2) is 35.1 Å². The van der Waals surface area contributed by atoms with Crippen LogP contribution >= 0.6 is 15.9 Å². The van der Waals surface area contributed by atoms with Crippen LogP contribution in [-0.4, -0.2) is 16.5 Å². The highest BCUT2D eigenvalue weighted by Crippen LogP contribution is 2.30. The molecular formula is C16H20BrN3O. The summed E-state index contributed by atoms with van der Waals surface area (Å²) >= 11 is 3.43. The van der Waals surface area contributed by atoms with Gasteiger partial charge in [0.2, 0.25) is 5.88 Å².